The van der Waals surface area contributed by atoms with Gasteiger partial charge < -0.3 is 10.2 Å². The third kappa shape index (κ3) is 3.89. The Morgan fingerprint density at radius 3 is 2.45 bits per heavy atom. The molecule has 0 atom stereocenters. The molecular weight excluding hydrogens is 370 g/mol. The van der Waals surface area contributed by atoms with Gasteiger partial charge >= 0.3 is 0 Å². The molecule has 2 aliphatic heterocycles. The summed E-state index contributed by atoms with van der Waals surface area (Å²) in [5.74, 6) is -0.820. The van der Waals surface area contributed by atoms with E-state index in [-0.39, 0.29) is 43.0 Å². The summed E-state index contributed by atoms with van der Waals surface area (Å²) < 4.78 is 0. The lowest BCUT2D eigenvalue weighted by molar-refractivity contribution is -0.128. The highest BCUT2D eigenvalue weighted by Gasteiger charge is 2.30. The van der Waals surface area contributed by atoms with Crippen molar-refractivity contribution in [2.24, 2.45) is 0 Å². The van der Waals surface area contributed by atoms with Crippen LogP contribution in [0.15, 0.2) is 48.5 Å². The van der Waals surface area contributed by atoms with Crippen molar-refractivity contribution in [1.82, 2.24) is 4.90 Å². The number of amides is 4. The zero-order chi connectivity index (χ0) is 20.4. The summed E-state index contributed by atoms with van der Waals surface area (Å²) in [6.07, 6.45) is 1.61. The lowest BCUT2D eigenvalue weighted by atomic mass is 9.98. The van der Waals surface area contributed by atoms with Crippen LogP contribution in [0.4, 0.5) is 11.4 Å². The van der Waals surface area contributed by atoms with Crippen molar-refractivity contribution in [2.75, 3.05) is 23.3 Å². The van der Waals surface area contributed by atoms with E-state index in [9.17, 15) is 19.2 Å². The molecule has 4 rings (SSSR count). The molecule has 0 unspecified atom stereocenters. The molecule has 1 N–H and O–H groups in total. The molecule has 2 aliphatic rings. The van der Waals surface area contributed by atoms with E-state index < -0.39 is 0 Å². The van der Waals surface area contributed by atoms with Crippen LogP contribution in [-0.2, 0) is 20.8 Å². The largest absolute Gasteiger partial charge is 0.326 e. The number of rotatable bonds is 5. The molecule has 1 saturated heterocycles. The first-order valence-corrected chi connectivity index (χ1v) is 9.66. The fourth-order valence-corrected chi connectivity index (χ4v) is 3.71. The van der Waals surface area contributed by atoms with Gasteiger partial charge in [-0.05, 0) is 42.3 Å². The number of hydrogen-bond donors (Lipinski definition) is 1. The Kier molecular flexibility index (Phi) is 5.12. The minimum absolute atomic E-state index is 0.0199. The van der Waals surface area contributed by atoms with Crippen LogP contribution in [-0.4, -0.2) is 41.6 Å². The van der Waals surface area contributed by atoms with Crippen LogP contribution < -0.4 is 10.2 Å². The second-order valence-electron chi connectivity index (χ2n) is 7.18. The Morgan fingerprint density at radius 1 is 0.966 bits per heavy atom. The zero-order valence-corrected chi connectivity index (χ0v) is 15.9. The van der Waals surface area contributed by atoms with E-state index in [1.54, 1.807) is 53.4 Å². The molecule has 0 aromatic heterocycles. The maximum atomic E-state index is 12.5. The van der Waals surface area contributed by atoms with Crippen LogP contribution in [0.25, 0.3) is 0 Å². The molecule has 7 heteroatoms. The number of carbonyl (C=O) groups is 4. The van der Waals surface area contributed by atoms with Crippen LogP contribution in [0, 0.1) is 0 Å². The number of nitrogens with zero attached hydrogens (tertiary/aromatic N) is 2. The Hall–Kier alpha value is -3.48. The van der Waals surface area contributed by atoms with Crippen molar-refractivity contribution in [1.29, 1.82) is 0 Å². The van der Waals surface area contributed by atoms with E-state index in [0.29, 0.717) is 24.2 Å². The Morgan fingerprint density at radius 2 is 1.72 bits per heavy atom. The predicted octanol–water partition coefficient (Wildman–Crippen LogP) is 2.37. The molecular formula is C22H21N3O4. The normalized spacial score (nSPS) is 16.2. The smallest absolute Gasteiger partial charge is 0.260 e. The zero-order valence-electron chi connectivity index (χ0n) is 15.9. The summed E-state index contributed by atoms with van der Waals surface area (Å²) >= 11 is 0. The fourth-order valence-electron chi connectivity index (χ4n) is 3.71. The van der Waals surface area contributed by atoms with Gasteiger partial charge in [0.1, 0.15) is 0 Å². The van der Waals surface area contributed by atoms with Crippen LogP contribution in [0.1, 0.15) is 35.2 Å². The summed E-state index contributed by atoms with van der Waals surface area (Å²) in [6.45, 7) is 0.754. The Labute approximate surface area is 168 Å². The maximum absolute atomic E-state index is 12.5. The van der Waals surface area contributed by atoms with Gasteiger partial charge in [-0.3, -0.25) is 24.1 Å². The third-order valence-corrected chi connectivity index (χ3v) is 5.23. The summed E-state index contributed by atoms with van der Waals surface area (Å²) in [4.78, 5) is 51.8. The molecule has 0 radical (unpaired) electrons. The molecule has 7 nitrogen and oxygen atoms in total. The van der Waals surface area contributed by atoms with Gasteiger partial charge in [-0.15, -0.1) is 0 Å². The van der Waals surface area contributed by atoms with Crippen molar-refractivity contribution < 1.29 is 19.2 Å². The molecule has 4 amide bonds. The first-order chi connectivity index (χ1) is 14.0. The van der Waals surface area contributed by atoms with Crippen LogP contribution >= 0.6 is 0 Å². The van der Waals surface area contributed by atoms with E-state index >= 15 is 0 Å². The van der Waals surface area contributed by atoms with Gasteiger partial charge in [0, 0.05) is 42.9 Å². The first-order valence-electron chi connectivity index (χ1n) is 9.66. The maximum Gasteiger partial charge on any atom is 0.260 e. The van der Waals surface area contributed by atoms with Crippen molar-refractivity contribution in [3.8, 4) is 0 Å². The topological polar surface area (TPSA) is 86.8 Å². The van der Waals surface area contributed by atoms with E-state index in [1.807, 2.05) is 0 Å². The summed E-state index contributed by atoms with van der Waals surface area (Å²) in [5, 5.41) is 2.77. The lowest BCUT2D eigenvalue weighted by Crippen LogP contribution is -2.43. The molecule has 0 bridgehead atoms. The minimum atomic E-state index is -0.357. The second kappa shape index (κ2) is 7.87. The first kappa shape index (κ1) is 18.9. The lowest BCUT2D eigenvalue weighted by Gasteiger charge is -2.26. The molecule has 2 aromatic rings. The van der Waals surface area contributed by atoms with Gasteiger partial charge in [-0.2, -0.15) is 0 Å². The van der Waals surface area contributed by atoms with E-state index in [4.69, 9.17) is 0 Å². The molecule has 29 heavy (non-hydrogen) atoms. The third-order valence-electron chi connectivity index (χ3n) is 5.23. The summed E-state index contributed by atoms with van der Waals surface area (Å²) in [7, 11) is 0. The Balaban J connectivity index is 1.34. The quantitative estimate of drug-likeness (QED) is 0.793. The number of nitrogens with one attached hydrogen (secondary N) is 1. The SMILES string of the molecule is O=C(CCN1C(=O)Cc2ccccc2C1=O)Nc1ccc(N2CCCC2=O)cc1. The average molecular weight is 391 g/mol. The molecule has 0 spiro atoms. The monoisotopic (exact) mass is 391 g/mol. The number of benzene rings is 2. The highest BCUT2D eigenvalue weighted by molar-refractivity contribution is 6.10. The molecule has 2 aromatic carbocycles. The minimum Gasteiger partial charge on any atom is -0.326 e. The van der Waals surface area contributed by atoms with Crippen LogP contribution in [0.5, 0.6) is 0 Å². The fraction of sp³-hybridized carbons (Fsp3) is 0.273. The van der Waals surface area contributed by atoms with Crippen molar-refractivity contribution in [3.05, 3.63) is 59.7 Å². The molecule has 0 saturated carbocycles. The average Bonchev–Trinajstić information content (AvgIpc) is 3.14. The number of fused-ring (bicyclic) bond motifs is 1. The number of anilines is 2. The highest BCUT2D eigenvalue weighted by atomic mass is 16.2. The molecule has 0 aliphatic carbocycles. The van der Waals surface area contributed by atoms with Gasteiger partial charge in [0.15, 0.2) is 0 Å². The Bertz CT molecular complexity index is 984. The van der Waals surface area contributed by atoms with E-state index in [0.717, 1.165) is 22.6 Å². The van der Waals surface area contributed by atoms with E-state index in [1.165, 1.54) is 0 Å². The van der Waals surface area contributed by atoms with Crippen molar-refractivity contribution in [3.63, 3.8) is 0 Å². The van der Waals surface area contributed by atoms with Gasteiger partial charge in [0.2, 0.25) is 17.7 Å². The van der Waals surface area contributed by atoms with Gasteiger partial charge in [-0.1, -0.05) is 18.2 Å². The number of hydrogen-bond acceptors (Lipinski definition) is 4. The van der Waals surface area contributed by atoms with Gasteiger partial charge in [-0.25, -0.2) is 0 Å². The van der Waals surface area contributed by atoms with Gasteiger partial charge in [0.05, 0.1) is 6.42 Å². The van der Waals surface area contributed by atoms with Crippen LogP contribution in [0.2, 0.25) is 0 Å². The summed E-state index contributed by atoms with van der Waals surface area (Å²) in [6, 6.07) is 14.1. The predicted molar refractivity (Wildman–Crippen MR) is 107 cm³/mol. The van der Waals surface area contributed by atoms with Gasteiger partial charge in [0.25, 0.3) is 5.91 Å². The number of carbonyl (C=O) groups excluding carboxylic acids is 4. The van der Waals surface area contributed by atoms with Crippen molar-refractivity contribution in [2.45, 2.75) is 25.7 Å². The van der Waals surface area contributed by atoms with Crippen LogP contribution in [0.3, 0.4) is 0 Å². The standard InChI is InChI=1S/C22H21N3O4/c26-19(23-16-7-9-17(10-8-16)24-12-3-6-20(24)27)11-13-25-21(28)14-15-4-1-2-5-18(15)22(25)29/h1-2,4-5,7-10H,3,6,11-14H2,(H,23,26). The molecule has 2 heterocycles. The van der Waals surface area contributed by atoms with E-state index in [2.05, 4.69) is 5.32 Å². The summed E-state index contributed by atoms with van der Waals surface area (Å²) in [5.41, 5.74) is 2.65. The van der Waals surface area contributed by atoms with Crippen molar-refractivity contribution >= 4 is 35.0 Å². The highest BCUT2D eigenvalue weighted by Crippen LogP contribution is 2.23. The second-order valence-corrected chi connectivity index (χ2v) is 7.18. The number of imide groups is 1. The molecule has 1 fully saturated rings. The molecule has 148 valence electrons.